The van der Waals surface area contributed by atoms with Crippen molar-refractivity contribution in [1.29, 1.82) is 0 Å². The van der Waals surface area contributed by atoms with Gasteiger partial charge in [0.15, 0.2) is 0 Å². The number of rotatable bonds is 3. The molecule has 2 aliphatic rings. The van der Waals surface area contributed by atoms with Crippen LogP contribution < -0.4 is 10.1 Å². The summed E-state index contributed by atoms with van der Waals surface area (Å²) in [6, 6.07) is 6.57. The van der Waals surface area contributed by atoms with E-state index in [1.54, 1.807) is 0 Å². The van der Waals surface area contributed by atoms with Crippen LogP contribution in [-0.2, 0) is 13.0 Å². The van der Waals surface area contributed by atoms with Crippen LogP contribution in [0.25, 0.3) is 0 Å². The lowest BCUT2D eigenvalue weighted by molar-refractivity contribution is 0.186. The number of fused-ring (bicyclic) bond motifs is 1. The standard InChI is InChI=1S/C15H21NOS/c1-15(5-7-18-11-15)10-17-14-3-2-13-9-16-6-4-12(13)8-14/h2-3,8,16H,4-7,9-11H2,1H3. The van der Waals surface area contributed by atoms with Crippen LogP contribution in [-0.4, -0.2) is 24.7 Å². The third-order valence-corrected chi connectivity index (χ3v) is 5.35. The fourth-order valence-corrected chi connectivity index (χ4v) is 4.13. The molecule has 1 fully saturated rings. The van der Waals surface area contributed by atoms with Crippen LogP contribution in [0.5, 0.6) is 5.75 Å². The average Bonchev–Trinajstić information content (AvgIpc) is 2.84. The molecule has 2 heterocycles. The summed E-state index contributed by atoms with van der Waals surface area (Å²) < 4.78 is 6.03. The Kier molecular flexibility index (Phi) is 3.53. The van der Waals surface area contributed by atoms with Gasteiger partial charge in [-0.25, -0.2) is 0 Å². The van der Waals surface area contributed by atoms with Gasteiger partial charge in [0.05, 0.1) is 6.61 Å². The highest BCUT2D eigenvalue weighted by Crippen LogP contribution is 2.36. The Balaban J connectivity index is 1.66. The minimum absolute atomic E-state index is 0.377. The zero-order chi connectivity index (χ0) is 12.4. The van der Waals surface area contributed by atoms with Gasteiger partial charge < -0.3 is 10.1 Å². The molecule has 98 valence electrons. The van der Waals surface area contributed by atoms with Crippen LogP contribution in [0, 0.1) is 5.41 Å². The number of ether oxygens (including phenoxy) is 1. The second-order valence-electron chi connectivity index (χ2n) is 5.76. The molecule has 1 aromatic rings. The largest absolute Gasteiger partial charge is 0.493 e. The number of benzene rings is 1. The zero-order valence-electron chi connectivity index (χ0n) is 11.0. The molecule has 0 amide bonds. The van der Waals surface area contributed by atoms with E-state index in [1.807, 2.05) is 0 Å². The molecule has 18 heavy (non-hydrogen) atoms. The molecule has 1 atom stereocenters. The molecule has 0 aliphatic carbocycles. The van der Waals surface area contributed by atoms with Gasteiger partial charge in [-0.1, -0.05) is 13.0 Å². The first-order valence-electron chi connectivity index (χ1n) is 6.78. The van der Waals surface area contributed by atoms with Gasteiger partial charge in [0.1, 0.15) is 5.75 Å². The zero-order valence-corrected chi connectivity index (χ0v) is 11.8. The number of nitrogens with one attached hydrogen (secondary N) is 1. The van der Waals surface area contributed by atoms with Crippen LogP contribution in [0.4, 0.5) is 0 Å². The van der Waals surface area contributed by atoms with Crippen molar-refractivity contribution < 1.29 is 4.74 Å². The molecule has 0 spiro atoms. The van der Waals surface area contributed by atoms with Crippen LogP contribution in [0.3, 0.4) is 0 Å². The van der Waals surface area contributed by atoms with Crippen LogP contribution in [0.15, 0.2) is 18.2 Å². The molecule has 1 N–H and O–H groups in total. The lowest BCUT2D eigenvalue weighted by Crippen LogP contribution is -2.25. The van der Waals surface area contributed by atoms with E-state index in [1.165, 1.54) is 29.1 Å². The maximum absolute atomic E-state index is 6.03. The van der Waals surface area contributed by atoms with Gasteiger partial charge in [0, 0.05) is 17.7 Å². The van der Waals surface area contributed by atoms with Gasteiger partial charge in [0.2, 0.25) is 0 Å². The summed E-state index contributed by atoms with van der Waals surface area (Å²) in [5.41, 5.74) is 3.26. The first-order valence-corrected chi connectivity index (χ1v) is 7.94. The van der Waals surface area contributed by atoms with E-state index >= 15 is 0 Å². The van der Waals surface area contributed by atoms with Crippen molar-refractivity contribution in [3.8, 4) is 5.75 Å². The van der Waals surface area contributed by atoms with Gasteiger partial charge in [-0.3, -0.25) is 0 Å². The van der Waals surface area contributed by atoms with Gasteiger partial charge in [-0.2, -0.15) is 11.8 Å². The van der Waals surface area contributed by atoms with Crippen molar-refractivity contribution >= 4 is 11.8 Å². The second-order valence-corrected chi connectivity index (χ2v) is 6.86. The van der Waals surface area contributed by atoms with Crippen LogP contribution in [0.1, 0.15) is 24.5 Å². The van der Waals surface area contributed by atoms with Crippen molar-refractivity contribution in [2.24, 2.45) is 5.41 Å². The molecule has 3 heteroatoms. The summed E-state index contributed by atoms with van der Waals surface area (Å²) in [5, 5.41) is 3.40. The lowest BCUT2D eigenvalue weighted by Gasteiger charge is -2.24. The van der Waals surface area contributed by atoms with E-state index < -0.39 is 0 Å². The van der Waals surface area contributed by atoms with Gasteiger partial charge in [0.25, 0.3) is 0 Å². The third-order valence-electron chi connectivity index (χ3n) is 3.95. The normalized spacial score (nSPS) is 26.9. The van der Waals surface area contributed by atoms with Crippen molar-refractivity contribution in [1.82, 2.24) is 5.32 Å². The highest BCUT2D eigenvalue weighted by atomic mass is 32.2. The first kappa shape index (κ1) is 12.4. The van der Waals surface area contributed by atoms with E-state index in [0.717, 1.165) is 31.9 Å². The molecule has 1 saturated heterocycles. The highest BCUT2D eigenvalue weighted by molar-refractivity contribution is 7.99. The molecule has 0 aromatic heterocycles. The molecule has 2 aliphatic heterocycles. The van der Waals surface area contributed by atoms with Crippen molar-refractivity contribution in [2.75, 3.05) is 24.7 Å². The summed E-state index contributed by atoms with van der Waals surface area (Å²) in [4.78, 5) is 0. The SMILES string of the molecule is CC1(COc2ccc3c(c2)CCNC3)CCSC1. The Morgan fingerprint density at radius 3 is 3.17 bits per heavy atom. The molecule has 0 bridgehead atoms. The molecule has 0 radical (unpaired) electrons. The summed E-state index contributed by atoms with van der Waals surface area (Å²) in [6.07, 6.45) is 2.41. The van der Waals surface area contributed by atoms with E-state index in [2.05, 4.69) is 42.2 Å². The number of hydrogen-bond donors (Lipinski definition) is 1. The second kappa shape index (κ2) is 5.14. The fraction of sp³-hybridized carbons (Fsp3) is 0.600. The topological polar surface area (TPSA) is 21.3 Å². The third kappa shape index (κ3) is 2.67. The number of thioether (sulfide) groups is 1. The Labute approximate surface area is 113 Å². The summed E-state index contributed by atoms with van der Waals surface area (Å²) in [7, 11) is 0. The summed E-state index contributed by atoms with van der Waals surface area (Å²) in [5.74, 6) is 3.58. The average molecular weight is 263 g/mol. The minimum atomic E-state index is 0.377. The van der Waals surface area contributed by atoms with Gasteiger partial charge in [-0.05, 0) is 48.4 Å². The maximum atomic E-state index is 6.03. The van der Waals surface area contributed by atoms with Crippen molar-refractivity contribution in [2.45, 2.75) is 26.3 Å². The Hall–Kier alpha value is -0.670. The predicted molar refractivity (Wildman–Crippen MR) is 77.4 cm³/mol. The lowest BCUT2D eigenvalue weighted by atomic mass is 9.91. The Morgan fingerprint density at radius 2 is 2.33 bits per heavy atom. The van der Waals surface area contributed by atoms with Gasteiger partial charge in [-0.15, -0.1) is 0 Å². The molecule has 0 saturated carbocycles. The Bertz CT molecular complexity index is 427. The van der Waals surface area contributed by atoms with Crippen LogP contribution in [0.2, 0.25) is 0 Å². The molecule has 1 aromatic carbocycles. The van der Waals surface area contributed by atoms with E-state index in [9.17, 15) is 0 Å². The molecular weight excluding hydrogens is 242 g/mol. The van der Waals surface area contributed by atoms with Crippen LogP contribution >= 0.6 is 11.8 Å². The maximum Gasteiger partial charge on any atom is 0.119 e. The molecule has 3 rings (SSSR count). The molecule has 1 unspecified atom stereocenters. The van der Waals surface area contributed by atoms with E-state index in [0.29, 0.717) is 5.41 Å². The summed E-state index contributed by atoms with van der Waals surface area (Å²) >= 11 is 2.05. The van der Waals surface area contributed by atoms with Gasteiger partial charge >= 0.3 is 0 Å². The molecule has 2 nitrogen and oxygen atoms in total. The smallest absolute Gasteiger partial charge is 0.119 e. The van der Waals surface area contributed by atoms with Crippen molar-refractivity contribution in [3.05, 3.63) is 29.3 Å². The molecular formula is C15H21NOS. The first-order chi connectivity index (χ1) is 8.75. The monoisotopic (exact) mass is 263 g/mol. The quantitative estimate of drug-likeness (QED) is 0.906. The predicted octanol–water partition coefficient (Wildman–Crippen LogP) is 2.85. The van der Waals surface area contributed by atoms with Crippen molar-refractivity contribution in [3.63, 3.8) is 0 Å². The Morgan fingerprint density at radius 1 is 1.39 bits per heavy atom. The fourth-order valence-electron chi connectivity index (χ4n) is 2.62. The van der Waals surface area contributed by atoms with E-state index in [-0.39, 0.29) is 0 Å². The summed E-state index contributed by atoms with van der Waals surface area (Å²) in [6.45, 7) is 5.29. The number of hydrogen-bond acceptors (Lipinski definition) is 3. The van der Waals surface area contributed by atoms with E-state index in [4.69, 9.17) is 4.74 Å². The highest BCUT2D eigenvalue weighted by Gasteiger charge is 2.30. The minimum Gasteiger partial charge on any atom is -0.493 e.